The SMILES string of the molecule is COc1ccccc1C(=O)COC(=O)c1cccc(S(=O)(=O)N(C)c2cccc(Cl)c2)c1. The monoisotopic (exact) mass is 473 g/mol. The third-order valence-corrected chi connectivity index (χ3v) is 6.66. The number of hydrogen-bond donors (Lipinski definition) is 0. The van der Waals surface area contributed by atoms with Crippen molar-refractivity contribution in [3.8, 4) is 5.75 Å². The zero-order chi connectivity index (χ0) is 23.3. The number of halogens is 1. The number of ether oxygens (including phenoxy) is 2. The van der Waals surface area contributed by atoms with Gasteiger partial charge in [-0.1, -0.05) is 35.9 Å². The lowest BCUT2D eigenvalue weighted by molar-refractivity contribution is 0.0473. The maximum Gasteiger partial charge on any atom is 0.338 e. The van der Waals surface area contributed by atoms with Crippen molar-refractivity contribution < 1.29 is 27.5 Å². The summed E-state index contributed by atoms with van der Waals surface area (Å²) >= 11 is 5.96. The normalized spacial score (nSPS) is 11.0. The molecule has 3 aromatic rings. The molecule has 166 valence electrons. The highest BCUT2D eigenvalue weighted by atomic mass is 35.5. The van der Waals surface area contributed by atoms with E-state index in [2.05, 4.69) is 0 Å². The van der Waals surface area contributed by atoms with Crippen LogP contribution in [0, 0.1) is 0 Å². The van der Waals surface area contributed by atoms with E-state index >= 15 is 0 Å². The van der Waals surface area contributed by atoms with E-state index in [1.54, 1.807) is 42.5 Å². The molecule has 0 aliphatic heterocycles. The Kier molecular flexibility index (Phi) is 7.17. The molecule has 0 aliphatic rings. The molecule has 0 bridgehead atoms. The Hall–Kier alpha value is -3.36. The van der Waals surface area contributed by atoms with Crippen molar-refractivity contribution in [2.45, 2.75) is 4.90 Å². The number of nitrogens with zero attached hydrogens (tertiary/aromatic N) is 1. The summed E-state index contributed by atoms with van der Waals surface area (Å²) in [5, 5.41) is 0.390. The second-order valence-corrected chi connectivity index (χ2v) is 9.09. The van der Waals surface area contributed by atoms with Gasteiger partial charge in [-0.05, 0) is 48.5 Å². The van der Waals surface area contributed by atoms with Gasteiger partial charge in [0.05, 0.1) is 28.8 Å². The van der Waals surface area contributed by atoms with Gasteiger partial charge >= 0.3 is 5.97 Å². The van der Waals surface area contributed by atoms with Gasteiger partial charge in [-0.3, -0.25) is 9.10 Å². The van der Waals surface area contributed by atoms with Crippen molar-refractivity contribution in [1.29, 1.82) is 0 Å². The van der Waals surface area contributed by atoms with Crippen LogP contribution in [0.1, 0.15) is 20.7 Å². The van der Waals surface area contributed by atoms with Crippen LogP contribution in [0.25, 0.3) is 0 Å². The van der Waals surface area contributed by atoms with Crippen LogP contribution in [-0.2, 0) is 14.8 Å². The second-order valence-electron chi connectivity index (χ2n) is 6.68. The smallest absolute Gasteiger partial charge is 0.338 e. The van der Waals surface area contributed by atoms with Crippen LogP contribution in [0.15, 0.2) is 77.7 Å². The maximum absolute atomic E-state index is 13.0. The van der Waals surface area contributed by atoms with Crippen molar-refractivity contribution in [1.82, 2.24) is 0 Å². The van der Waals surface area contributed by atoms with Crippen LogP contribution in [0.2, 0.25) is 5.02 Å². The number of para-hydroxylation sites is 1. The molecule has 0 amide bonds. The van der Waals surface area contributed by atoms with Gasteiger partial charge in [0, 0.05) is 12.1 Å². The lowest BCUT2D eigenvalue weighted by Gasteiger charge is -2.20. The largest absolute Gasteiger partial charge is 0.496 e. The molecule has 0 aliphatic carbocycles. The molecule has 0 N–H and O–H groups in total. The highest BCUT2D eigenvalue weighted by Crippen LogP contribution is 2.25. The number of esters is 1. The minimum atomic E-state index is -3.96. The number of carbonyl (C=O) groups is 2. The fraction of sp³-hybridized carbons (Fsp3) is 0.130. The summed E-state index contributed by atoms with van der Waals surface area (Å²) in [5.41, 5.74) is 0.647. The average Bonchev–Trinajstić information content (AvgIpc) is 2.81. The zero-order valence-electron chi connectivity index (χ0n) is 17.3. The van der Waals surface area contributed by atoms with Crippen LogP contribution in [0.3, 0.4) is 0 Å². The third kappa shape index (κ3) is 5.09. The molecule has 0 unspecified atom stereocenters. The lowest BCUT2D eigenvalue weighted by atomic mass is 10.1. The molecule has 32 heavy (non-hydrogen) atoms. The summed E-state index contributed by atoms with van der Waals surface area (Å²) < 4.78 is 37.3. The molecule has 0 saturated carbocycles. The van der Waals surface area contributed by atoms with Gasteiger partial charge in [-0.15, -0.1) is 0 Å². The van der Waals surface area contributed by atoms with Crippen LogP contribution >= 0.6 is 11.6 Å². The van der Waals surface area contributed by atoms with E-state index in [0.717, 1.165) is 4.31 Å². The number of hydrogen-bond acceptors (Lipinski definition) is 6. The van der Waals surface area contributed by atoms with Crippen LogP contribution in [0.4, 0.5) is 5.69 Å². The standard InChI is InChI=1S/C23H20ClNO6S/c1-25(18-9-6-8-17(24)14-18)32(28,29)19-10-5-7-16(13-19)23(27)31-15-21(26)20-11-3-4-12-22(20)30-2/h3-14H,15H2,1-2H3. The highest BCUT2D eigenvalue weighted by molar-refractivity contribution is 7.92. The number of anilines is 1. The molecule has 3 aromatic carbocycles. The van der Waals surface area contributed by atoms with Crippen molar-refractivity contribution >= 4 is 39.1 Å². The predicted octanol–water partition coefficient (Wildman–Crippen LogP) is 4.21. The first-order chi connectivity index (χ1) is 15.2. The summed E-state index contributed by atoms with van der Waals surface area (Å²) in [6.45, 7) is -0.515. The van der Waals surface area contributed by atoms with Gasteiger partial charge < -0.3 is 9.47 Å². The number of Topliss-reactive ketones (excluding diaryl/α,β-unsaturated/α-hetero) is 1. The molecular formula is C23H20ClNO6S. The van der Waals surface area contributed by atoms with Crippen molar-refractivity contribution in [3.05, 3.63) is 88.9 Å². The van der Waals surface area contributed by atoms with E-state index in [-0.39, 0.29) is 16.0 Å². The summed E-state index contributed by atoms with van der Waals surface area (Å²) in [7, 11) is -1.14. The third-order valence-electron chi connectivity index (χ3n) is 4.64. The molecule has 0 heterocycles. The van der Waals surface area contributed by atoms with E-state index < -0.39 is 28.4 Å². The number of ketones is 1. The Morgan fingerprint density at radius 2 is 1.69 bits per heavy atom. The number of benzene rings is 3. The van der Waals surface area contributed by atoms with Crippen molar-refractivity contribution in [2.24, 2.45) is 0 Å². The van der Waals surface area contributed by atoms with E-state index in [1.807, 2.05) is 0 Å². The Balaban J connectivity index is 1.76. The molecule has 0 saturated heterocycles. The Labute approximate surface area is 191 Å². The van der Waals surface area contributed by atoms with E-state index in [4.69, 9.17) is 21.1 Å². The summed E-state index contributed by atoms with van der Waals surface area (Å²) in [6.07, 6.45) is 0. The van der Waals surface area contributed by atoms with Crippen LogP contribution in [-0.4, -0.2) is 40.9 Å². The Morgan fingerprint density at radius 3 is 2.41 bits per heavy atom. The Bertz CT molecular complexity index is 1260. The fourth-order valence-corrected chi connectivity index (χ4v) is 4.34. The fourth-order valence-electron chi connectivity index (χ4n) is 2.92. The van der Waals surface area contributed by atoms with E-state index in [1.165, 1.54) is 44.5 Å². The van der Waals surface area contributed by atoms with Crippen molar-refractivity contribution in [3.63, 3.8) is 0 Å². The topological polar surface area (TPSA) is 90.0 Å². The Morgan fingerprint density at radius 1 is 0.969 bits per heavy atom. The van der Waals surface area contributed by atoms with Gasteiger partial charge in [0.25, 0.3) is 10.0 Å². The molecule has 9 heteroatoms. The maximum atomic E-state index is 13.0. The summed E-state index contributed by atoms with van der Waals surface area (Å²) in [4.78, 5) is 24.8. The van der Waals surface area contributed by atoms with Gasteiger partial charge in [-0.2, -0.15) is 0 Å². The van der Waals surface area contributed by atoms with Gasteiger partial charge in [0.1, 0.15) is 5.75 Å². The first-order valence-corrected chi connectivity index (χ1v) is 11.2. The molecule has 7 nitrogen and oxygen atoms in total. The molecule has 0 aromatic heterocycles. The molecule has 3 rings (SSSR count). The lowest BCUT2D eigenvalue weighted by Crippen LogP contribution is -2.26. The van der Waals surface area contributed by atoms with E-state index in [0.29, 0.717) is 16.5 Å². The number of sulfonamides is 1. The first kappa shape index (κ1) is 23.3. The van der Waals surface area contributed by atoms with Crippen molar-refractivity contribution in [2.75, 3.05) is 25.1 Å². The van der Waals surface area contributed by atoms with Gasteiger partial charge in [0.15, 0.2) is 6.61 Å². The minimum absolute atomic E-state index is 0.00149. The zero-order valence-corrected chi connectivity index (χ0v) is 18.9. The highest BCUT2D eigenvalue weighted by Gasteiger charge is 2.23. The summed E-state index contributed by atoms with van der Waals surface area (Å²) in [5.74, 6) is -0.901. The summed E-state index contributed by atoms with van der Waals surface area (Å²) in [6, 6.07) is 18.4. The number of methoxy groups -OCH3 is 1. The predicted molar refractivity (Wildman–Crippen MR) is 121 cm³/mol. The van der Waals surface area contributed by atoms with Gasteiger partial charge in [-0.25, -0.2) is 13.2 Å². The second kappa shape index (κ2) is 9.84. The molecule has 0 spiro atoms. The first-order valence-electron chi connectivity index (χ1n) is 9.42. The number of rotatable bonds is 8. The van der Waals surface area contributed by atoms with Crippen LogP contribution < -0.4 is 9.04 Å². The molecule has 0 radical (unpaired) electrons. The minimum Gasteiger partial charge on any atom is -0.496 e. The average molecular weight is 474 g/mol. The molecule has 0 fully saturated rings. The molecular weight excluding hydrogens is 454 g/mol. The van der Waals surface area contributed by atoms with Gasteiger partial charge in [0.2, 0.25) is 5.78 Å². The molecule has 0 atom stereocenters. The van der Waals surface area contributed by atoms with Crippen LogP contribution in [0.5, 0.6) is 5.75 Å². The van der Waals surface area contributed by atoms with E-state index in [9.17, 15) is 18.0 Å². The quantitative estimate of drug-likeness (QED) is 0.359. The number of carbonyl (C=O) groups excluding carboxylic acids is 2.